The first-order chi connectivity index (χ1) is 6.56. The summed E-state index contributed by atoms with van der Waals surface area (Å²) in [6.45, 7) is 10.1. The normalized spacial score (nSPS) is 11.7. The number of halogens is 1. The van der Waals surface area contributed by atoms with Crippen molar-refractivity contribution in [3.05, 3.63) is 47.0 Å². The molecule has 0 radical (unpaired) electrons. The number of nitrogens with two attached hydrogens (primary N) is 1. The SMILES string of the molecule is C=CC[C@@H](N)c1c(C)cc(C)cc1C.Cl. The first-order valence-corrected chi connectivity index (χ1v) is 5.00. The van der Waals surface area contributed by atoms with Gasteiger partial charge in [-0.2, -0.15) is 0 Å². The van der Waals surface area contributed by atoms with Crippen LogP contribution in [0.2, 0.25) is 0 Å². The maximum atomic E-state index is 6.09. The van der Waals surface area contributed by atoms with Crippen molar-refractivity contribution in [2.24, 2.45) is 5.73 Å². The van der Waals surface area contributed by atoms with Crippen LogP contribution in [0.15, 0.2) is 24.8 Å². The molecule has 0 saturated carbocycles. The standard InChI is InChI=1S/C13H19N.ClH/c1-5-6-12(14)13-10(3)7-9(2)8-11(13)4;/h5,7-8,12H,1,6,14H2,2-4H3;1H/t12-;/m1./s1. The maximum absolute atomic E-state index is 6.09. The fourth-order valence-corrected chi connectivity index (χ4v) is 2.07. The lowest BCUT2D eigenvalue weighted by atomic mass is 9.93. The van der Waals surface area contributed by atoms with E-state index in [2.05, 4.69) is 39.5 Å². The van der Waals surface area contributed by atoms with Gasteiger partial charge in [0.15, 0.2) is 0 Å². The number of rotatable bonds is 3. The van der Waals surface area contributed by atoms with Gasteiger partial charge < -0.3 is 5.73 Å². The zero-order valence-corrected chi connectivity index (χ0v) is 10.5. The highest BCUT2D eigenvalue weighted by Gasteiger charge is 2.10. The van der Waals surface area contributed by atoms with Gasteiger partial charge in [-0.05, 0) is 43.9 Å². The third-order valence-electron chi connectivity index (χ3n) is 2.53. The highest BCUT2D eigenvalue weighted by Crippen LogP contribution is 2.24. The summed E-state index contributed by atoms with van der Waals surface area (Å²) >= 11 is 0. The molecular weight excluding hydrogens is 206 g/mol. The molecule has 0 heterocycles. The van der Waals surface area contributed by atoms with E-state index in [1.807, 2.05) is 6.08 Å². The van der Waals surface area contributed by atoms with Crippen molar-refractivity contribution in [3.63, 3.8) is 0 Å². The quantitative estimate of drug-likeness (QED) is 0.782. The minimum atomic E-state index is 0. The molecule has 0 bridgehead atoms. The van der Waals surface area contributed by atoms with Gasteiger partial charge in [0.2, 0.25) is 0 Å². The van der Waals surface area contributed by atoms with Gasteiger partial charge >= 0.3 is 0 Å². The van der Waals surface area contributed by atoms with Gasteiger partial charge in [0.25, 0.3) is 0 Å². The molecule has 0 aliphatic heterocycles. The van der Waals surface area contributed by atoms with Crippen LogP contribution in [0.3, 0.4) is 0 Å². The van der Waals surface area contributed by atoms with Crippen molar-refractivity contribution in [1.29, 1.82) is 0 Å². The highest BCUT2D eigenvalue weighted by atomic mass is 35.5. The molecule has 0 unspecified atom stereocenters. The fourth-order valence-electron chi connectivity index (χ4n) is 2.07. The maximum Gasteiger partial charge on any atom is 0.0334 e. The molecule has 1 aromatic carbocycles. The van der Waals surface area contributed by atoms with Crippen LogP contribution in [0.1, 0.15) is 34.7 Å². The molecule has 2 heteroatoms. The van der Waals surface area contributed by atoms with Crippen LogP contribution >= 0.6 is 12.4 Å². The summed E-state index contributed by atoms with van der Waals surface area (Å²) < 4.78 is 0. The predicted octanol–water partition coefficient (Wildman–Crippen LogP) is 3.61. The Morgan fingerprint density at radius 1 is 1.27 bits per heavy atom. The van der Waals surface area contributed by atoms with Crippen molar-refractivity contribution in [2.75, 3.05) is 0 Å². The van der Waals surface area contributed by atoms with Gasteiger partial charge in [0, 0.05) is 6.04 Å². The zero-order valence-electron chi connectivity index (χ0n) is 9.71. The second kappa shape index (κ2) is 5.94. The van der Waals surface area contributed by atoms with Crippen molar-refractivity contribution in [2.45, 2.75) is 33.2 Å². The first-order valence-electron chi connectivity index (χ1n) is 5.00. The number of hydrogen-bond acceptors (Lipinski definition) is 1. The Morgan fingerprint density at radius 2 is 1.73 bits per heavy atom. The van der Waals surface area contributed by atoms with E-state index in [1.165, 1.54) is 22.3 Å². The smallest absolute Gasteiger partial charge is 0.0334 e. The highest BCUT2D eigenvalue weighted by molar-refractivity contribution is 5.85. The van der Waals surface area contributed by atoms with E-state index in [4.69, 9.17) is 5.73 Å². The Morgan fingerprint density at radius 3 is 2.13 bits per heavy atom. The summed E-state index contributed by atoms with van der Waals surface area (Å²) in [6.07, 6.45) is 2.72. The average Bonchev–Trinajstić information content (AvgIpc) is 2.01. The summed E-state index contributed by atoms with van der Waals surface area (Å²) in [5.74, 6) is 0. The van der Waals surface area contributed by atoms with E-state index in [1.54, 1.807) is 0 Å². The molecule has 0 aliphatic rings. The summed E-state index contributed by atoms with van der Waals surface area (Å²) in [5, 5.41) is 0. The Hall–Kier alpha value is -0.790. The van der Waals surface area contributed by atoms with E-state index >= 15 is 0 Å². The predicted molar refractivity (Wildman–Crippen MR) is 69.6 cm³/mol. The van der Waals surface area contributed by atoms with Crippen LogP contribution in [-0.4, -0.2) is 0 Å². The van der Waals surface area contributed by atoms with E-state index in [0.29, 0.717) is 0 Å². The monoisotopic (exact) mass is 225 g/mol. The van der Waals surface area contributed by atoms with Crippen molar-refractivity contribution < 1.29 is 0 Å². The van der Waals surface area contributed by atoms with Gasteiger partial charge in [-0.15, -0.1) is 19.0 Å². The lowest BCUT2D eigenvalue weighted by Crippen LogP contribution is -2.12. The average molecular weight is 226 g/mol. The molecule has 0 aliphatic carbocycles. The van der Waals surface area contributed by atoms with Gasteiger partial charge in [-0.25, -0.2) is 0 Å². The fraction of sp³-hybridized carbons (Fsp3) is 0.385. The Balaban J connectivity index is 0.00000196. The number of aryl methyl sites for hydroxylation is 3. The second-order valence-corrected chi connectivity index (χ2v) is 3.94. The Kier molecular flexibility index (Phi) is 5.63. The van der Waals surface area contributed by atoms with Crippen LogP contribution in [0.25, 0.3) is 0 Å². The molecule has 1 atom stereocenters. The van der Waals surface area contributed by atoms with E-state index in [0.717, 1.165) is 6.42 Å². The van der Waals surface area contributed by atoms with Gasteiger partial charge in [0.05, 0.1) is 0 Å². The molecule has 0 spiro atoms. The topological polar surface area (TPSA) is 26.0 Å². The zero-order chi connectivity index (χ0) is 10.7. The minimum Gasteiger partial charge on any atom is -0.324 e. The molecule has 0 aromatic heterocycles. The lowest BCUT2D eigenvalue weighted by molar-refractivity contribution is 0.729. The summed E-state index contributed by atoms with van der Waals surface area (Å²) in [6, 6.07) is 4.46. The number of benzene rings is 1. The van der Waals surface area contributed by atoms with E-state index in [-0.39, 0.29) is 18.4 Å². The van der Waals surface area contributed by atoms with E-state index < -0.39 is 0 Å². The van der Waals surface area contributed by atoms with Gasteiger partial charge in [-0.3, -0.25) is 0 Å². The first kappa shape index (κ1) is 14.2. The van der Waals surface area contributed by atoms with Crippen LogP contribution < -0.4 is 5.73 Å². The summed E-state index contributed by atoms with van der Waals surface area (Å²) in [7, 11) is 0. The van der Waals surface area contributed by atoms with Crippen molar-refractivity contribution in [1.82, 2.24) is 0 Å². The van der Waals surface area contributed by atoms with Crippen LogP contribution in [0.5, 0.6) is 0 Å². The Labute approximate surface area is 98.8 Å². The molecule has 0 amide bonds. The number of hydrogen-bond donors (Lipinski definition) is 1. The lowest BCUT2D eigenvalue weighted by Gasteiger charge is -2.16. The molecule has 1 aromatic rings. The molecule has 1 rings (SSSR count). The van der Waals surface area contributed by atoms with Crippen molar-refractivity contribution in [3.8, 4) is 0 Å². The largest absolute Gasteiger partial charge is 0.324 e. The third kappa shape index (κ3) is 3.37. The second-order valence-electron chi connectivity index (χ2n) is 3.94. The third-order valence-corrected chi connectivity index (χ3v) is 2.53. The molecule has 0 saturated heterocycles. The van der Waals surface area contributed by atoms with Crippen LogP contribution in [0, 0.1) is 20.8 Å². The minimum absolute atomic E-state index is 0. The molecule has 1 nitrogen and oxygen atoms in total. The molecular formula is C13H20ClN. The Bertz CT molecular complexity index is 321. The van der Waals surface area contributed by atoms with Gasteiger partial charge in [-0.1, -0.05) is 23.8 Å². The van der Waals surface area contributed by atoms with Gasteiger partial charge in [0.1, 0.15) is 0 Å². The van der Waals surface area contributed by atoms with Crippen LogP contribution in [-0.2, 0) is 0 Å². The van der Waals surface area contributed by atoms with Crippen LogP contribution in [0.4, 0.5) is 0 Å². The molecule has 84 valence electrons. The van der Waals surface area contributed by atoms with E-state index in [9.17, 15) is 0 Å². The van der Waals surface area contributed by atoms with Crippen molar-refractivity contribution >= 4 is 12.4 Å². The molecule has 15 heavy (non-hydrogen) atoms. The molecule has 0 fully saturated rings. The molecule has 2 N–H and O–H groups in total. The summed E-state index contributed by atoms with van der Waals surface area (Å²) in [4.78, 5) is 0. The summed E-state index contributed by atoms with van der Waals surface area (Å²) in [5.41, 5.74) is 11.2.